The van der Waals surface area contributed by atoms with Crippen LogP contribution in [0.25, 0.3) is 0 Å². The topological polar surface area (TPSA) is 62.1 Å². The molecule has 3 aromatic carbocycles. The summed E-state index contributed by atoms with van der Waals surface area (Å²) in [5.74, 6) is -2.79. The van der Waals surface area contributed by atoms with E-state index in [9.17, 15) is 18.0 Å². The van der Waals surface area contributed by atoms with Crippen molar-refractivity contribution in [1.29, 1.82) is 5.26 Å². The summed E-state index contributed by atoms with van der Waals surface area (Å²) < 4.78 is 47.4. The second-order valence-electron chi connectivity index (χ2n) is 6.03. The summed E-state index contributed by atoms with van der Waals surface area (Å²) >= 11 is 3.14. The Morgan fingerprint density at radius 1 is 1.03 bits per heavy atom. The van der Waals surface area contributed by atoms with Crippen molar-refractivity contribution >= 4 is 27.5 Å². The van der Waals surface area contributed by atoms with E-state index in [1.807, 2.05) is 0 Å². The zero-order valence-electron chi connectivity index (χ0n) is 14.9. The van der Waals surface area contributed by atoms with E-state index >= 15 is 0 Å². The van der Waals surface area contributed by atoms with E-state index in [2.05, 4.69) is 21.2 Å². The molecule has 146 valence electrons. The Labute approximate surface area is 172 Å². The molecule has 0 atom stereocenters. The third kappa shape index (κ3) is 4.58. The first kappa shape index (κ1) is 20.4. The number of hydrogen-bond acceptors (Lipinski definition) is 3. The van der Waals surface area contributed by atoms with Gasteiger partial charge in [-0.1, -0.05) is 15.9 Å². The first-order chi connectivity index (χ1) is 13.8. The normalized spacial score (nSPS) is 10.3. The van der Waals surface area contributed by atoms with Crippen LogP contribution >= 0.6 is 15.9 Å². The van der Waals surface area contributed by atoms with Gasteiger partial charge >= 0.3 is 0 Å². The monoisotopic (exact) mass is 460 g/mol. The van der Waals surface area contributed by atoms with Gasteiger partial charge in [0.2, 0.25) is 0 Å². The molecule has 0 spiro atoms. The average molecular weight is 461 g/mol. The highest BCUT2D eigenvalue weighted by Crippen LogP contribution is 2.33. The van der Waals surface area contributed by atoms with Crippen LogP contribution < -0.4 is 10.1 Å². The number of ether oxygens (including phenoxy) is 1. The number of nitrogens with one attached hydrogen (secondary N) is 1. The van der Waals surface area contributed by atoms with Crippen LogP contribution in [-0.2, 0) is 0 Å². The maximum atomic E-state index is 14.6. The molecule has 1 amide bonds. The lowest BCUT2D eigenvalue weighted by atomic mass is 10.1. The summed E-state index contributed by atoms with van der Waals surface area (Å²) in [4.78, 5) is 12.7. The first-order valence-electron chi connectivity index (χ1n) is 8.22. The number of hydrogen-bond donors (Lipinski definition) is 1. The highest BCUT2D eigenvalue weighted by Gasteiger charge is 2.21. The van der Waals surface area contributed by atoms with Gasteiger partial charge in [-0.2, -0.15) is 5.26 Å². The van der Waals surface area contributed by atoms with Crippen molar-refractivity contribution in [2.75, 3.05) is 5.32 Å². The van der Waals surface area contributed by atoms with Crippen LogP contribution in [0.4, 0.5) is 18.9 Å². The average Bonchev–Trinajstić information content (AvgIpc) is 2.65. The van der Waals surface area contributed by atoms with Crippen molar-refractivity contribution < 1.29 is 22.7 Å². The molecule has 0 radical (unpaired) electrons. The third-order valence-corrected chi connectivity index (χ3v) is 4.41. The Balaban J connectivity index is 1.98. The number of rotatable bonds is 4. The van der Waals surface area contributed by atoms with E-state index < -0.39 is 28.9 Å². The molecule has 0 aliphatic rings. The van der Waals surface area contributed by atoms with Crippen LogP contribution in [0, 0.1) is 35.7 Å². The molecule has 4 nitrogen and oxygen atoms in total. The van der Waals surface area contributed by atoms with Gasteiger partial charge in [0.1, 0.15) is 40.6 Å². The number of halogens is 4. The molecule has 0 aliphatic heterocycles. The van der Waals surface area contributed by atoms with Gasteiger partial charge < -0.3 is 10.1 Å². The number of nitriles is 1. The number of carbonyl (C=O) groups is 1. The van der Waals surface area contributed by atoms with Crippen LogP contribution in [0.15, 0.2) is 53.0 Å². The highest BCUT2D eigenvalue weighted by molar-refractivity contribution is 9.10. The highest BCUT2D eigenvalue weighted by atomic mass is 79.9. The fourth-order valence-electron chi connectivity index (χ4n) is 2.58. The number of benzene rings is 3. The Hall–Kier alpha value is -3.31. The molecular weight excluding hydrogens is 449 g/mol. The molecule has 0 bridgehead atoms. The second-order valence-corrected chi connectivity index (χ2v) is 6.95. The lowest BCUT2D eigenvalue weighted by Crippen LogP contribution is -2.15. The van der Waals surface area contributed by atoms with Crippen LogP contribution in [0.3, 0.4) is 0 Å². The summed E-state index contributed by atoms with van der Waals surface area (Å²) in [6, 6.07) is 11.3. The van der Waals surface area contributed by atoms with Crippen molar-refractivity contribution in [3.63, 3.8) is 0 Å². The largest absolute Gasteiger partial charge is 0.456 e. The minimum Gasteiger partial charge on any atom is -0.456 e. The molecule has 8 heteroatoms. The van der Waals surface area contributed by atoms with Gasteiger partial charge in [-0.3, -0.25) is 4.79 Å². The van der Waals surface area contributed by atoms with E-state index in [4.69, 9.17) is 10.00 Å². The molecule has 0 saturated heterocycles. The molecular formula is C21H12BrF3N2O2. The van der Waals surface area contributed by atoms with E-state index in [0.29, 0.717) is 10.0 Å². The van der Waals surface area contributed by atoms with Crippen molar-refractivity contribution in [3.8, 4) is 17.6 Å². The smallest absolute Gasteiger partial charge is 0.262 e. The van der Waals surface area contributed by atoms with Crippen molar-refractivity contribution in [2.24, 2.45) is 0 Å². The lowest BCUT2D eigenvalue weighted by molar-refractivity contribution is 0.102. The number of nitrogens with zero attached hydrogens (tertiary/aromatic N) is 1. The van der Waals surface area contributed by atoms with Gasteiger partial charge in [0, 0.05) is 10.2 Å². The number of anilines is 1. The van der Waals surface area contributed by atoms with Gasteiger partial charge in [-0.05, 0) is 61.0 Å². The van der Waals surface area contributed by atoms with E-state index in [0.717, 1.165) is 18.2 Å². The predicted octanol–water partition coefficient (Wildman–Crippen LogP) is 6.09. The van der Waals surface area contributed by atoms with E-state index in [1.54, 1.807) is 13.0 Å². The van der Waals surface area contributed by atoms with Crippen molar-refractivity contribution in [3.05, 3.63) is 87.1 Å². The molecule has 0 unspecified atom stereocenters. The molecule has 0 fully saturated rings. The van der Waals surface area contributed by atoms with Gasteiger partial charge in [-0.15, -0.1) is 0 Å². The van der Waals surface area contributed by atoms with Gasteiger partial charge in [0.15, 0.2) is 0 Å². The summed E-state index contributed by atoms with van der Waals surface area (Å²) in [5.41, 5.74) is -0.106. The minimum atomic E-state index is -0.866. The predicted molar refractivity (Wildman–Crippen MR) is 104 cm³/mol. The minimum absolute atomic E-state index is 0.105. The second kappa shape index (κ2) is 8.37. The van der Waals surface area contributed by atoms with Gasteiger partial charge in [0.25, 0.3) is 5.91 Å². The molecule has 0 aromatic heterocycles. The van der Waals surface area contributed by atoms with Crippen molar-refractivity contribution in [2.45, 2.75) is 6.92 Å². The third-order valence-electron chi connectivity index (χ3n) is 3.95. The van der Waals surface area contributed by atoms with Gasteiger partial charge in [0.05, 0.1) is 5.56 Å². The van der Waals surface area contributed by atoms with Crippen molar-refractivity contribution in [1.82, 2.24) is 0 Å². The zero-order valence-corrected chi connectivity index (χ0v) is 16.5. The van der Waals surface area contributed by atoms with Crippen LogP contribution in [0.1, 0.15) is 21.5 Å². The molecule has 29 heavy (non-hydrogen) atoms. The number of aryl methyl sites for hydroxylation is 1. The van der Waals surface area contributed by atoms with Gasteiger partial charge in [-0.25, -0.2) is 13.2 Å². The maximum absolute atomic E-state index is 14.6. The van der Waals surface area contributed by atoms with Crippen LogP contribution in [0.5, 0.6) is 11.5 Å². The molecule has 0 saturated carbocycles. The lowest BCUT2D eigenvalue weighted by Gasteiger charge is -2.14. The summed E-state index contributed by atoms with van der Waals surface area (Å²) in [6.07, 6.45) is 0. The SMILES string of the molecule is Cc1cc(F)ccc1Oc1cc(Br)cc(F)c1C(=O)Nc1ccc(F)c(C#N)c1. The van der Waals surface area contributed by atoms with Crippen LogP contribution in [-0.4, -0.2) is 5.91 Å². The molecule has 1 N–H and O–H groups in total. The summed E-state index contributed by atoms with van der Waals surface area (Å²) in [5, 5.41) is 11.3. The van der Waals surface area contributed by atoms with Crippen LogP contribution in [0.2, 0.25) is 0 Å². The summed E-state index contributed by atoms with van der Waals surface area (Å²) in [6.45, 7) is 1.61. The zero-order chi connectivity index (χ0) is 21.1. The summed E-state index contributed by atoms with van der Waals surface area (Å²) in [7, 11) is 0. The number of carbonyl (C=O) groups excluding carboxylic acids is 1. The maximum Gasteiger partial charge on any atom is 0.262 e. The number of amides is 1. The Morgan fingerprint density at radius 3 is 2.48 bits per heavy atom. The molecule has 0 heterocycles. The molecule has 0 aliphatic carbocycles. The van der Waals surface area contributed by atoms with E-state index in [-0.39, 0.29) is 22.7 Å². The molecule has 3 rings (SSSR count). The quantitative estimate of drug-likeness (QED) is 0.512. The van der Waals surface area contributed by atoms with E-state index in [1.165, 1.54) is 30.3 Å². The Bertz CT molecular complexity index is 1160. The Morgan fingerprint density at radius 2 is 1.79 bits per heavy atom. The molecule has 3 aromatic rings. The fraction of sp³-hybridized carbons (Fsp3) is 0.0476. The standard InChI is InChI=1S/C21H12BrF3N2O2/c1-11-6-14(23)2-5-18(11)29-19-9-13(22)8-17(25)20(19)21(28)27-15-3-4-16(24)12(7-15)10-26/h2-9H,1H3,(H,27,28). The first-order valence-corrected chi connectivity index (χ1v) is 9.02. The fourth-order valence-corrected chi connectivity index (χ4v) is 2.99. The Kier molecular flexibility index (Phi) is 5.89.